The van der Waals surface area contributed by atoms with Gasteiger partial charge in [0.05, 0.1) is 0 Å². The molecule has 0 amide bonds. The van der Waals surface area contributed by atoms with Gasteiger partial charge < -0.3 is 4.74 Å². The van der Waals surface area contributed by atoms with Gasteiger partial charge in [-0.2, -0.15) is 0 Å². The van der Waals surface area contributed by atoms with Gasteiger partial charge in [-0.25, -0.2) is 0 Å². The molecule has 1 atom stereocenters. The molecule has 1 aliphatic rings. The summed E-state index contributed by atoms with van der Waals surface area (Å²) in [5.74, 6) is -0.117. The Bertz CT molecular complexity index is 773. The zero-order chi connectivity index (χ0) is 17.6. The molecule has 25 heavy (non-hydrogen) atoms. The van der Waals surface area contributed by atoms with Gasteiger partial charge >= 0.3 is 5.97 Å². The lowest BCUT2D eigenvalue weighted by atomic mass is 9.87. The first kappa shape index (κ1) is 17.7. The summed E-state index contributed by atoms with van der Waals surface area (Å²) in [5, 5.41) is 2.48. The SMILES string of the molecule is CCCCCCc1ccc2cccc3c2c1C=CC3OC(=O)CCC. The van der Waals surface area contributed by atoms with Crippen molar-refractivity contribution in [1.29, 1.82) is 0 Å². The maximum absolute atomic E-state index is 12.0. The highest BCUT2D eigenvalue weighted by molar-refractivity contribution is 5.97. The quantitative estimate of drug-likeness (QED) is 0.413. The molecule has 2 heteroatoms. The highest BCUT2D eigenvalue weighted by atomic mass is 16.5. The molecule has 0 saturated heterocycles. The Balaban J connectivity index is 1.90. The van der Waals surface area contributed by atoms with Gasteiger partial charge in [-0.3, -0.25) is 4.79 Å². The highest BCUT2D eigenvalue weighted by Gasteiger charge is 2.22. The van der Waals surface area contributed by atoms with Crippen molar-refractivity contribution in [3.8, 4) is 0 Å². The summed E-state index contributed by atoms with van der Waals surface area (Å²) in [6, 6.07) is 10.8. The highest BCUT2D eigenvalue weighted by Crippen LogP contribution is 2.37. The molecule has 0 N–H and O–H groups in total. The van der Waals surface area contributed by atoms with Crippen molar-refractivity contribution < 1.29 is 9.53 Å². The van der Waals surface area contributed by atoms with Gasteiger partial charge in [0.2, 0.25) is 0 Å². The number of carbonyl (C=O) groups excluding carboxylic acids is 1. The lowest BCUT2D eigenvalue weighted by Gasteiger charge is -2.23. The van der Waals surface area contributed by atoms with E-state index in [9.17, 15) is 4.79 Å². The molecule has 2 nitrogen and oxygen atoms in total. The fraction of sp³-hybridized carbons (Fsp3) is 0.435. The molecule has 0 bridgehead atoms. The van der Waals surface area contributed by atoms with Gasteiger partial charge in [0.15, 0.2) is 0 Å². The average molecular weight is 336 g/mol. The Hall–Kier alpha value is -2.09. The summed E-state index contributed by atoms with van der Waals surface area (Å²) in [6.07, 6.45) is 11.4. The smallest absolute Gasteiger partial charge is 0.306 e. The van der Waals surface area contributed by atoms with E-state index in [-0.39, 0.29) is 12.1 Å². The Labute approximate surface area is 150 Å². The molecule has 0 radical (unpaired) electrons. The van der Waals surface area contributed by atoms with Crippen LogP contribution in [0.15, 0.2) is 36.4 Å². The van der Waals surface area contributed by atoms with E-state index >= 15 is 0 Å². The summed E-state index contributed by atoms with van der Waals surface area (Å²) in [7, 11) is 0. The zero-order valence-corrected chi connectivity index (χ0v) is 15.4. The molecule has 1 aliphatic carbocycles. The third-order valence-corrected chi connectivity index (χ3v) is 4.96. The molecule has 0 heterocycles. The van der Waals surface area contributed by atoms with Crippen LogP contribution in [0, 0.1) is 0 Å². The molecule has 1 unspecified atom stereocenters. The van der Waals surface area contributed by atoms with Crippen LogP contribution >= 0.6 is 0 Å². The lowest BCUT2D eigenvalue weighted by Crippen LogP contribution is -2.12. The van der Waals surface area contributed by atoms with Crippen molar-refractivity contribution in [2.24, 2.45) is 0 Å². The normalized spacial score (nSPS) is 15.5. The van der Waals surface area contributed by atoms with E-state index in [0.29, 0.717) is 6.42 Å². The largest absolute Gasteiger partial charge is 0.453 e. The molecular weight excluding hydrogens is 308 g/mol. The molecule has 0 fully saturated rings. The number of benzene rings is 2. The van der Waals surface area contributed by atoms with Crippen molar-refractivity contribution in [2.45, 2.75) is 64.9 Å². The van der Waals surface area contributed by atoms with Crippen LogP contribution in [0.2, 0.25) is 0 Å². The van der Waals surface area contributed by atoms with E-state index < -0.39 is 0 Å². The van der Waals surface area contributed by atoms with Crippen LogP contribution in [0.3, 0.4) is 0 Å². The number of unbranched alkanes of at least 4 members (excludes halogenated alkanes) is 3. The minimum atomic E-state index is -0.259. The first-order chi connectivity index (χ1) is 12.2. The minimum absolute atomic E-state index is 0.117. The second kappa shape index (κ2) is 8.33. The molecule has 132 valence electrons. The number of esters is 1. The van der Waals surface area contributed by atoms with Gasteiger partial charge in [0.1, 0.15) is 6.10 Å². The number of ether oxygens (including phenoxy) is 1. The topological polar surface area (TPSA) is 26.3 Å². The average Bonchev–Trinajstić information content (AvgIpc) is 2.62. The van der Waals surface area contributed by atoms with Crippen LogP contribution in [-0.2, 0) is 16.0 Å². The molecule has 3 rings (SSSR count). The van der Waals surface area contributed by atoms with E-state index in [1.54, 1.807) is 0 Å². The number of carbonyl (C=O) groups is 1. The van der Waals surface area contributed by atoms with E-state index in [0.717, 1.165) is 18.4 Å². The Morgan fingerprint density at radius 2 is 1.92 bits per heavy atom. The van der Waals surface area contributed by atoms with Crippen LogP contribution in [0.5, 0.6) is 0 Å². The van der Waals surface area contributed by atoms with Gasteiger partial charge in [0, 0.05) is 12.0 Å². The number of hydrogen-bond donors (Lipinski definition) is 0. The van der Waals surface area contributed by atoms with Gasteiger partial charge in [-0.1, -0.05) is 69.5 Å². The first-order valence-corrected chi connectivity index (χ1v) is 9.66. The molecule has 0 spiro atoms. The first-order valence-electron chi connectivity index (χ1n) is 9.66. The molecule has 0 saturated carbocycles. The number of hydrogen-bond acceptors (Lipinski definition) is 2. The van der Waals surface area contributed by atoms with Crippen LogP contribution in [0.1, 0.15) is 75.2 Å². The summed E-state index contributed by atoms with van der Waals surface area (Å²) in [5.41, 5.74) is 3.84. The molecule has 2 aromatic rings. The Morgan fingerprint density at radius 1 is 1.04 bits per heavy atom. The van der Waals surface area contributed by atoms with Gasteiger partial charge in [-0.15, -0.1) is 0 Å². The van der Waals surface area contributed by atoms with Crippen molar-refractivity contribution >= 4 is 22.8 Å². The summed E-state index contributed by atoms with van der Waals surface area (Å²) >= 11 is 0. The maximum Gasteiger partial charge on any atom is 0.306 e. The van der Waals surface area contributed by atoms with E-state index in [4.69, 9.17) is 4.74 Å². The van der Waals surface area contributed by atoms with Crippen molar-refractivity contribution in [2.75, 3.05) is 0 Å². The molecule has 0 aromatic heterocycles. The van der Waals surface area contributed by atoms with Crippen LogP contribution in [-0.4, -0.2) is 5.97 Å². The standard InChI is InChI=1S/C23H28O2/c1-3-5-6-7-10-17-13-14-18-11-8-12-20-21(25-22(24)9-4-2)16-15-19(17)23(18)20/h8,11-16,21H,3-7,9-10H2,1-2H3. The van der Waals surface area contributed by atoms with Crippen molar-refractivity contribution in [3.05, 3.63) is 53.1 Å². The molecular formula is C23H28O2. The van der Waals surface area contributed by atoms with E-state index in [1.165, 1.54) is 47.6 Å². The third-order valence-electron chi connectivity index (χ3n) is 4.96. The summed E-state index contributed by atoms with van der Waals surface area (Å²) in [4.78, 5) is 12.0. The van der Waals surface area contributed by atoms with Crippen molar-refractivity contribution in [1.82, 2.24) is 0 Å². The monoisotopic (exact) mass is 336 g/mol. The van der Waals surface area contributed by atoms with Crippen LogP contribution in [0.25, 0.3) is 16.8 Å². The summed E-state index contributed by atoms with van der Waals surface area (Å²) in [6.45, 7) is 4.24. The number of aryl methyl sites for hydroxylation is 1. The fourth-order valence-electron chi connectivity index (χ4n) is 3.66. The fourth-order valence-corrected chi connectivity index (χ4v) is 3.66. The minimum Gasteiger partial charge on any atom is -0.453 e. The predicted octanol–water partition coefficient (Wildman–Crippen LogP) is 6.37. The Morgan fingerprint density at radius 3 is 2.72 bits per heavy atom. The zero-order valence-electron chi connectivity index (χ0n) is 15.4. The Kier molecular flexibility index (Phi) is 5.91. The second-order valence-corrected chi connectivity index (χ2v) is 6.91. The van der Waals surface area contributed by atoms with E-state index in [2.05, 4.69) is 43.3 Å². The predicted molar refractivity (Wildman–Crippen MR) is 105 cm³/mol. The third kappa shape index (κ3) is 3.95. The van der Waals surface area contributed by atoms with Gasteiger partial charge in [0.25, 0.3) is 0 Å². The van der Waals surface area contributed by atoms with Crippen molar-refractivity contribution in [3.63, 3.8) is 0 Å². The van der Waals surface area contributed by atoms with Gasteiger partial charge in [-0.05, 0) is 47.2 Å². The van der Waals surface area contributed by atoms with Crippen LogP contribution in [0.4, 0.5) is 0 Å². The number of rotatable bonds is 8. The molecule has 0 aliphatic heterocycles. The molecule has 2 aromatic carbocycles. The van der Waals surface area contributed by atoms with Crippen LogP contribution < -0.4 is 0 Å². The second-order valence-electron chi connectivity index (χ2n) is 6.91. The van der Waals surface area contributed by atoms with E-state index in [1.807, 2.05) is 13.0 Å². The lowest BCUT2D eigenvalue weighted by molar-refractivity contribution is -0.147. The maximum atomic E-state index is 12.0. The summed E-state index contributed by atoms with van der Waals surface area (Å²) < 4.78 is 5.71.